The lowest BCUT2D eigenvalue weighted by Gasteiger charge is -2.23. The van der Waals surface area contributed by atoms with Gasteiger partial charge in [0, 0.05) is 20.1 Å². The highest BCUT2D eigenvalue weighted by atomic mass is 16.5. The highest BCUT2D eigenvalue weighted by Crippen LogP contribution is 2.11. The molecule has 2 unspecified atom stereocenters. The number of hydrogen-bond acceptors (Lipinski definition) is 5. The van der Waals surface area contributed by atoms with E-state index in [9.17, 15) is 14.4 Å². The highest BCUT2D eigenvalue weighted by molar-refractivity contribution is 6.06. The van der Waals surface area contributed by atoms with Crippen molar-refractivity contribution in [3.63, 3.8) is 0 Å². The molecule has 7 heteroatoms. The number of carbonyl (C=O) groups excluding carboxylic acids is 3. The fourth-order valence-electron chi connectivity index (χ4n) is 2.08. The van der Waals surface area contributed by atoms with Crippen LogP contribution in [0.5, 0.6) is 0 Å². The molecule has 2 N–H and O–H groups in total. The fourth-order valence-corrected chi connectivity index (χ4v) is 2.08. The van der Waals surface area contributed by atoms with Crippen molar-refractivity contribution in [1.29, 1.82) is 0 Å². The van der Waals surface area contributed by atoms with E-state index < -0.39 is 6.04 Å². The van der Waals surface area contributed by atoms with Crippen LogP contribution in [-0.4, -0.2) is 61.5 Å². The maximum absolute atomic E-state index is 11.7. The van der Waals surface area contributed by atoms with E-state index in [2.05, 4.69) is 10.6 Å². The Bertz CT molecular complexity index is 365. The van der Waals surface area contributed by atoms with Crippen molar-refractivity contribution in [1.82, 2.24) is 15.5 Å². The van der Waals surface area contributed by atoms with Gasteiger partial charge < -0.3 is 15.4 Å². The van der Waals surface area contributed by atoms with Gasteiger partial charge in [0.15, 0.2) is 0 Å². The molecule has 2 aliphatic heterocycles. The lowest BCUT2D eigenvalue weighted by molar-refractivity contribution is -0.138. The lowest BCUT2D eigenvalue weighted by atomic mass is 10.2. The first kappa shape index (κ1) is 13.0. The molecule has 0 aromatic carbocycles. The van der Waals surface area contributed by atoms with Crippen molar-refractivity contribution in [3.05, 3.63) is 0 Å². The van der Waals surface area contributed by atoms with Crippen molar-refractivity contribution >= 4 is 17.7 Å². The molecule has 2 aliphatic rings. The molecule has 2 fully saturated rings. The third-order valence-corrected chi connectivity index (χ3v) is 3.13. The van der Waals surface area contributed by atoms with E-state index in [1.807, 2.05) is 0 Å². The van der Waals surface area contributed by atoms with Gasteiger partial charge in [0.25, 0.3) is 5.91 Å². The predicted molar refractivity (Wildman–Crippen MR) is 61.6 cm³/mol. The molecule has 2 atom stereocenters. The molecule has 0 aromatic rings. The van der Waals surface area contributed by atoms with Gasteiger partial charge in [-0.15, -0.1) is 0 Å². The summed E-state index contributed by atoms with van der Waals surface area (Å²) in [5.74, 6) is -0.873. The summed E-state index contributed by atoms with van der Waals surface area (Å²) in [4.78, 5) is 35.6. The minimum absolute atomic E-state index is 0.0465. The van der Waals surface area contributed by atoms with Crippen LogP contribution in [0.15, 0.2) is 0 Å². The summed E-state index contributed by atoms with van der Waals surface area (Å²) in [5.41, 5.74) is 0. The summed E-state index contributed by atoms with van der Waals surface area (Å²) in [6, 6.07) is -0.716. The van der Waals surface area contributed by atoms with Crippen LogP contribution < -0.4 is 10.6 Å². The van der Waals surface area contributed by atoms with Gasteiger partial charge >= 0.3 is 0 Å². The van der Waals surface area contributed by atoms with Crippen LogP contribution in [0.1, 0.15) is 12.8 Å². The molecule has 2 rings (SSSR count). The molecular formula is C11H17N3O4. The summed E-state index contributed by atoms with van der Waals surface area (Å²) in [7, 11) is 1.42. The molecule has 0 aromatic heterocycles. The zero-order chi connectivity index (χ0) is 13.1. The minimum atomic E-state index is -0.716. The standard InChI is InChI=1S/C11H17N3O4/c1-14-10(16)5-8(11(14)17)13-9(15)4-7-6-12-2-3-18-7/h7-8,12H,2-6H2,1H3,(H,13,15). The van der Waals surface area contributed by atoms with E-state index in [0.717, 1.165) is 11.4 Å². The van der Waals surface area contributed by atoms with E-state index in [1.165, 1.54) is 7.05 Å². The highest BCUT2D eigenvalue weighted by Gasteiger charge is 2.37. The number of carbonyl (C=O) groups is 3. The average molecular weight is 255 g/mol. The summed E-state index contributed by atoms with van der Waals surface area (Å²) in [6.45, 7) is 2.00. The molecule has 0 aliphatic carbocycles. The maximum atomic E-state index is 11.7. The molecule has 0 radical (unpaired) electrons. The van der Waals surface area contributed by atoms with Gasteiger partial charge in [-0.1, -0.05) is 0 Å². The van der Waals surface area contributed by atoms with Crippen molar-refractivity contribution in [2.45, 2.75) is 25.0 Å². The molecule has 7 nitrogen and oxygen atoms in total. The largest absolute Gasteiger partial charge is 0.375 e. The number of amides is 3. The van der Waals surface area contributed by atoms with Crippen LogP contribution in [0, 0.1) is 0 Å². The Balaban J connectivity index is 1.80. The van der Waals surface area contributed by atoms with Crippen LogP contribution in [0.3, 0.4) is 0 Å². The first-order chi connectivity index (χ1) is 8.58. The monoisotopic (exact) mass is 255 g/mol. The second-order valence-electron chi connectivity index (χ2n) is 4.52. The number of nitrogens with zero attached hydrogens (tertiary/aromatic N) is 1. The van der Waals surface area contributed by atoms with Crippen LogP contribution in [0.4, 0.5) is 0 Å². The second kappa shape index (κ2) is 5.45. The quantitative estimate of drug-likeness (QED) is 0.583. The Morgan fingerprint density at radius 2 is 2.33 bits per heavy atom. The van der Waals surface area contributed by atoms with E-state index in [4.69, 9.17) is 4.74 Å². The van der Waals surface area contributed by atoms with E-state index in [0.29, 0.717) is 13.2 Å². The number of hydrogen-bond donors (Lipinski definition) is 2. The Hall–Kier alpha value is -1.47. The predicted octanol–water partition coefficient (Wildman–Crippen LogP) is -1.76. The summed E-state index contributed by atoms with van der Waals surface area (Å²) >= 11 is 0. The van der Waals surface area contributed by atoms with E-state index >= 15 is 0 Å². The second-order valence-corrected chi connectivity index (χ2v) is 4.52. The summed E-state index contributed by atoms with van der Waals surface area (Å²) in [6.07, 6.45) is 0.0863. The number of nitrogens with one attached hydrogen (secondary N) is 2. The molecule has 2 saturated heterocycles. The number of likely N-dealkylation sites (tertiary alicyclic amines) is 1. The zero-order valence-corrected chi connectivity index (χ0v) is 10.3. The lowest BCUT2D eigenvalue weighted by Crippen LogP contribution is -2.45. The van der Waals surface area contributed by atoms with Gasteiger partial charge in [0.2, 0.25) is 11.8 Å². The third kappa shape index (κ3) is 2.85. The summed E-state index contributed by atoms with van der Waals surface area (Å²) in [5, 5.41) is 5.70. The van der Waals surface area contributed by atoms with Crippen LogP contribution >= 0.6 is 0 Å². The normalized spacial score (nSPS) is 28.6. The molecule has 0 bridgehead atoms. The Morgan fingerprint density at radius 3 is 2.89 bits per heavy atom. The first-order valence-electron chi connectivity index (χ1n) is 6.00. The molecule has 3 amide bonds. The van der Waals surface area contributed by atoms with Crippen LogP contribution in [0.25, 0.3) is 0 Å². The fraction of sp³-hybridized carbons (Fsp3) is 0.727. The van der Waals surface area contributed by atoms with Crippen LogP contribution in [-0.2, 0) is 19.1 Å². The van der Waals surface area contributed by atoms with Crippen molar-refractivity contribution < 1.29 is 19.1 Å². The average Bonchev–Trinajstić information content (AvgIpc) is 2.58. The van der Waals surface area contributed by atoms with Crippen molar-refractivity contribution in [2.24, 2.45) is 0 Å². The van der Waals surface area contributed by atoms with Crippen molar-refractivity contribution in [2.75, 3.05) is 26.7 Å². The van der Waals surface area contributed by atoms with Gasteiger partial charge in [-0.3, -0.25) is 19.3 Å². The molecule has 0 spiro atoms. The molecule has 2 heterocycles. The van der Waals surface area contributed by atoms with Gasteiger partial charge in [-0.25, -0.2) is 0 Å². The minimum Gasteiger partial charge on any atom is -0.375 e. The van der Waals surface area contributed by atoms with E-state index in [1.54, 1.807) is 0 Å². The van der Waals surface area contributed by atoms with Crippen LogP contribution in [0.2, 0.25) is 0 Å². The molecule has 18 heavy (non-hydrogen) atoms. The SMILES string of the molecule is CN1C(=O)CC(NC(=O)CC2CNCCO2)C1=O. The first-order valence-corrected chi connectivity index (χ1v) is 6.00. The van der Waals surface area contributed by atoms with E-state index in [-0.39, 0.29) is 36.7 Å². The van der Waals surface area contributed by atoms with Crippen molar-refractivity contribution in [3.8, 4) is 0 Å². The van der Waals surface area contributed by atoms with Gasteiger partial charge in [0.1, 0.15) is 6.04 Å². The smallest absolute Gasteiger partial charge is 0.252 e. The molecule has 100 valence electrons. The maximum Gasteiger partial charge on any atom is 0.252 e. The van der Waals surface area contributed by atoms with Gasteiger partial charge in [0.05, 0.1) is 25.6 Å². The Kier molecular flexibility index (Phi) is 3.93. The van der Waals surface area contributed by atoms with Gasteiger partial charge in [-0.2, -0.15) is 0 Å². The number of ether oxygens (including phenoxy) is 1. The Morgan fingerprint density at radius 1 is 1.56 bits per heavy atom. The molecular weight excluding hydrogens is 238 g/mol. The topological polar surface area (TPSA) is 87.7 Å². The number of likely N-dealkylation sites (N-methyl/N-ethyl adjacent to an activating group) is 1. The number of imide groups is 1. The summed E-state index contributed by atoms with van der Waals surface area (Å²) < 4.78 is 5.40. The zero-order valence-electron chi connectivity index (χ0n) is 10.3. The third-order valence-electron chi connectivity index (χ3n) is 3.13. The number of morpholine rings is 1. The van der Waals surface area contributed by atoms with Gasteiger partial charge in [-0.05, 0) is 0 Å². The molecule has 0 saturated carbocycles. The Labute approximate surface area is 105 Å². The number of rotatable bonds is 3.